The molecule has 9 nitrogen and oxygen atoms in total. The summed E-state index contributed by atoms with van der Waals surface area (Å²) in [6.07, 6.45) is 7.61. The van der Waals surface area contributed by atoms with Crippen LogP contribution in [0.25, 0.3) is 11.3 Å². The summed E-state index contributed by atoms with van der Waals surface area (Å²) in [5.41, 5.74) is 3.99. The molecule has 0 saturated carbocycles. The largest absolute Gasteiger partial charge is 0.356 e. The molecule has 0 aliphatic carbocycles. The van der Waals surface area contributed by atoms with Crippen LogP contribution < -0.4 is 10.2 Å². The molecule has 0 aromatic carbocycles. The first-order valence-electron chi connectivity index (χ1n) is 13.4. The number of anilines is 3. The summed E-state index contributed by atoms with van der Waals surface area (Å²) in [6.45, 7) is 14.5. The van der Waals surface area contributed by atoms with Crippen LogP contribution in [-0.2, 0) is 6.54 Å². The first-order valence-corrected chi connectivity index (χ1v) is 13.4. The molecule has 9 heteroatoms. The molecule has 2 aliphatic rings. The molecular weight excluding hydrogens is 462 g/mol. The maximum Gasteiger partial charge on any atom is 0.227 e. The van der Waals surface area contributed by atoms with E-state index >= 15 is 0 Å². The van der Waals surface area contributed by atoms with Crippen molar-refractivity contribution < 1.29 is 0 Å². The van der Waals surface area contributed by atoms with Crippen molar-refractivity contribution in [3.05, 3.63) is 54.1 Å². The highest BCUT2D eigenvalue weighted by Crippen LogP contribution is 2.26. The zero-order valence-corrected chi connectivity index (χ0v) is 22.2. The summed E-state index contributed by atoms with van der Waals surface area (Å²) in [5, 5.41) is 12.9. The molecule has 0 spiro atoms. The molecule has 5 rings (SSSR count). The number of hydrogen-bond donors (Lipinski definition) is 1. The van der Waals surface area contributed by atoms with Crippen LogP contribution in [-0.4, -0.2) is 75.5 Å². The highest BCUT2D eigenvalue weighted by molar-refractivity contribution is 5.67. The number of rotatable bonds is 7. The van der Waals surface area contributed by atoms with Crippen LogP contribution in [0, 0.1) is 11.3 Å². The Labute approximate surface area is 220 Å². The van der Waals surface area contributed by atoms with Gasteiger partial charge in [0.25, 0.3) is 0 Å². The molecule has 1 N–H and O–H groups in total. The fourth-order valence-electron chi connectivity index (χ4n) is 4.65. The smallest absolute Gasteiger partial charge is 0.227 e. The Balaban J connectivity index is 0.00000156. The topological polar surface area (TPSA) is 97.1 Å². The van der Waals surface area contributed by atoms with Crippen molar-refractivity contribution in [3.63, 3.8) is 0 Å². The van der Waals surface area contributed by atoms with Crippen molar-refractivity contribution in [2.45, 2.75) is 40.2 Å². The third-order valence-electron chi connectivity index (χ3n) is 6.72. The lowest BCUT2D eigenvalue weighted by atomic mass is 10.1. The Morgan fingerprint density at radius 1 is 0.919 bits per heavy atom. The van der Waals surface area contributed by atoms with E-state index in [2.05, 4.69) is 59.0 Å². The van der Waals surface area contributed by atoms with Gasteiger partial charge in [-0.25, -0.2) is 15.0 Å². The van der Waals surface area contributed by atoms with E-state index in [1.165, 1.54) is 0 Å². The van der Waals surface area contributed by atoms with Crippen molar-refractivity contribution in [2.75, 3.05) is 56.0 Å². The van der Waals surface area contributed by atoms with Gasteiger partial charge in [0, 0.05) is 63.8 Å². The second kappa shape index (κ2) is 13.1. The molecule has 5 heterocycles. The highest BCUT2D eigenvalue weighted by Gasteiger charge is 2.18. The van der Waals surface area contributed by atoms with Crippen LogP contribution in [0.2, 0.25) is 0 Å². The Morgan fingerprint density at radius 3 is 2.35 bits per heavy atom. The molecule has 0 radical (unpaired) electrons. The SMILES string of the molecule is CC.CCN1CCN(Cc2ccc(Nc3nccc(-c4cnc(N5CCCC5)c(C#N)c4)n3)cn2)CC1. The standard InChI is InChI=1S/C26H31N9.C2H6/c1-2-33-11-13-34(14-12-33)19-23-6-5-22(18-29-23)31-26-28-8-7-24(32-26)21-15-20(16-27)25(30-17-21)35-9-3-4-10-35;1-2/h5-8,15,17-18H,2-4,9-14,19H2,1H3,(H,28,31,32);1-2H3. The monoisotopic (exact) mass is 499 g/mol. The number of aromatic nitrogens is 4. The number of likely N-dealkylation sites (N-methyl/N-ethyl adjacent to an activating group) is 1. The maximum absolute atomic E-state index is 9.67. The number of nitrogens with zero attached hydrogens (tertiary/aromatic N) is 8. The first-order chi connectivity index (χ1) is 18.2. The van der Waals surface area contributed by atoms with E-state index in [0.717, 1.165) is 93.7 Å². The van der Waals surface area contributed by atoms with Crippen LogP contribution in [0.4, 0.5) is 17.5 Å². The molecule has 3 aromatic heterocycles. The van der Waals surface area contributed by atoms with Crippen LogP contribution in [0.15, 0.2) is 42.9 Å². The van der Waals surface area contributed by atoms with Gasteiger partial charge in [-0.1, -0.05) is 20.8 Å². The van der Waals surface area contributed by atoms with Gasteiger partial charge in [0.05, 0.1) is 28.8 Å². The molecule has 0 bridgehead atoms. The highest BCUT2D eigenvalue weighted by atomic mass is 15.3. The Morgan fingerprint density at radius 2 is 1.68 bits per heavy atom. The number of pyridine rings is 2. The van der Waals surface area contributed by atoms with E-state index < -0.39 is 0 Å². The fraction of sp³-hybridized carbons (Fsp3) is 0.464. The van der Waals surface area contributed by atoms with Gasteiger partial charge in [0.1, 0.15) is 11.9 Å². The lowest BCUT2D eigenvalue weighted by molar-refractivity contribution is 0.131. The van der Waals surface area contributed by atoms with Gasteiger partial charge in [-0.05, 0) is 43.7 Å². The quantitative estimate of drug-likeness (QED) is 0.510. The van der Waals surface area contributed by atoms with Crippen LogP contribution >= 0.6 is 0 Å². The number of piperazine rings is 1. The van der Waals surface area contributed by atoms with Crippen molar-refractivity contribution in [1.29, 1.82) is 5.26 Å². The van der Waals surface area contributed by atoms with E-state index in [4.69, 9.17) is 0 Å². The molecule has 3 aromatic rings. The fourth-order valence-corrected chi connectivity index (χ4v) is 4.65. The summed E-state index contributed by atoms with van der Waals surface area (Å²) in [5.74, 6) is 1.24. The van der Waals surface area contributed by atoms with E-state index in [0.29, 0.717) is 11.5 Å². The molecule has 2 saturated heterocycles. The molecule has 194 valence electrons. The third kappa shape index (κ3) is 6.79. The molecule has 0 amide bonds. The summed E-state index contributed by atoms with van der Waals surface area (Å²) >= 11 is 0. The average Bonchev–Trinajstić information content (AvgIpc) is 3.50. The predicted molar refractivity (Wildman–Crippen MR) is 148 cm³/mol. The van der Waals surface area contributed by atoms with Gasteiger partial charge in [-0.15, -0.1) is 0 Å². The molecule has 0 unspecified atom stereocenters. The summed E-state index contributed by atoms with van der Waals surface area (Å²) in [7, 11) is 0. The summed E-state index contributed by atoms with van der Waals surface area (Å²) in [4.78, 5) is 25.3. The van der Waals surface area contributed by atoms with E-state index in [1.54, 1.807) is 12.4 Å². The lowest BCUT2D eigenvalue weighted by Crippen LogP contribution is -2.45. The second-order valence-corrected chi connectivity index (χ2v) is 9.04. The summed E-state index contributed by atoms with van der Waals surface area (Å²) in [6, 6.07) is 10.1. The van der Waals surface area contributed by atoms with Crippen molar-refractivity contribution in [1.82, 2.24) is 29.7 Å². The van der Waals surface area contributed by atoms with Crippen LogP contribution in [0.5, 0.6) is 0 Å². The minimum atomic E-state index is 0.481. The molecular formula is C28H37N9. The first kappa shape index (κ1) is 26.5. The van der Waals surface area contributed by atoms with Gasteiger partial charge < -0.3 is 15.1 Å². The van der Waals surface area contributed by atoms with Gasteiger partial charge in [0.15, 0.2) is 0 Å². The minimum Gasteiger partial charge on any atom is -0.356 e. The second-order valence-electron chi connectivity index (χ2n) is 9.04. The minimum absolute atomic E-state index is 0.481. The zero-order valence-electron chi connectivity index (χ0n) is 22.2. The van der Waals surface area contributed by atoms with Crippen molar-refractivity contribution >= 4 is 17.5 Å². The molecule has 2 aliphatic heterocycles. The Kier molecular flexibility index (Phi) is 9.35. The van der Waals surface area contributed by atoms with E-state index in [9.17, 15) is 5.26 Å². The average molecular weight is 500 g/mol. The lowest BCUT2D eigenvalue weighted by Gasteiger charge is -2.33. The third-order valence-corrected chi connectivity index (χ3v) is 6.72. The Hall–Kier alpha value is -3.61. The predicted octanol–water partition coefficient (Wildman–Crippen LogP) is 4.31. The van der Waals surface area contributed by atoms with Gasteiger partial charge in [0.2, 0.25) is 5.95 Å². The zero-order chi connectivity index (χ0) is 26.0. The number of hydrogen-bond acceptors (Lipinski definition) is 9. The van der Waals surface area contributed by atoms with Crippen LogP contribution in [0.3, 0.4) is 0 Å². The normalized spacial score (nSPS) is 16.1. The molecule has 2 fully saturated rings. The van der Waals surface area contributed by atoms with Crippen molar-refractivity contribution in [3.8, 4) is 17.3 Å². The van der Waals surface area contributed by atoms with Crippen molar-refractivity contribution in [2.24, 2.45) is 0 Å². The summed E-state index contributed by atoms with van der Waals surface area (Å²) < 4.78 is 0. The molecule has 37 heavy (non-hydrogen) atoms. The van der Waals surface area contributed by atoms with Crippen LogP contribution in [0.1, 0.15) is 44.9 Å². The van der Waals surface area contributed by atoms with E-state index in [1.807, 2.05) is 38.2 Å². The number of nitriles is 1. The Bertz CT molecular complexity index is 1180. The van der Waals surface area contributed by atoms with Gasteiger partial charge in [-0.2, -0.15) is 5.26 Å². The van der Waals surface area contributed by atoms with E-state index in [-0.39, 0.29) is 0 Å². The maximum atomic E-state index is 9.67. The molecule has 0 atom stereocenters. The van der Waals surface area contributed by atoms with Gasteiger partial charge in [-0.3, -0.25) is 9.88 Å². The number of nitrogens with one attached hydrogen (secondary N) is 1. The van der Waals surface area contributed by atoms with Gasteiger partial charge >= 0.3 is 0 Å².